The fourth-order valence-electron chi connectivity index (χ4n) is 4.15. The summed E-state index contributed by atoms with van der Waals surface area (Å²) in [6, 6.07) is 10.8. The summed E-state index contributed by atoms with van der Waals surface area (Å²) in [5, 5.41) is 11.1. The van der Waals surface area contributed by atoms with Gasteiger partial charge in [0.2, 0.25) is 0 Å². The third kappa shape index (κ3) is 3.92. The minimum Gasteiger partial charge on any atom is -0.486 e. The van der Waals surface area contributed by atoms with Gasteiger partial charge in [0.25, 0.3) is 0 Å². The molecule has 2 aromatic carbocycles. The van der Waals surface area contributed by atoms with Gasteiger partial charge in [-0.25, -0.2) is 0 Å². The molecule has 0 radical (unpaired) electrons. The normalized spacial score (nSPS) is 28.4. The summed E-state index contributed by atoms with van der Waals surface area (Å²) in [5.41, 5.74) is 2.16. The van der Waals surface area contributed by atoms with Gasteiger partial charge in [-0.15, -0.1) is 0 Å². The zero-order valence-electron chi connectivity index (χ0n) is 17.2. The van der Waals surface area contributed by atoms with E-state index in [1.54, 1.807) is 32.0 Å². The van der Waals surface area contributed by atoms with Crippen molar-refractivity contribution in [2.45, 2.75) is 50.7 Å². The van der Waals surface area contributed by atoms with Crippen LogP contribution >= 0.6 is 11.6 Å². The van der Waals surface area contributed by atoms with Crippen LogP contribution in [0.15, 0.2) is 36.4 Å². The monoisotopic (exact) mass is 446 g/mol. The first-order chi connectivity index (χ1) is 14.8. The molecule has 0 bridgehead atoms. The van der Waals surface area contributed by atoms with E-state index in [0.717, 1.165) is 16.9 Å². The number of aliphatic hydroxyl groups is 1. The Hall–Kier alpha value is -2.16. The molecule has 7 nitrogen and oxygen atoms in total. The van der Waals surface area contributed by atoms with Crippen LogP contribution in [-0.4, -0.2) is 54.5 Å². The first-order valence-corrected chi connectivity index (χ1v) is 10.6. The van der Waals surface area contributed by atoms with Crippen LogP contribution < -0.4 is 9.47 Å². The highest BCUT2D eigenvalue weighted by atomic mass is 35.5. The third-order valence-electron chi connectivity index (χ3n) is 5.61. The number of carbonyl (C=O) groups excluding carboxylic acids is 1. The van der Waals surface area contributed by atoms with Gasteiger partial charge in [-0.05, 0) is 61.7 Å². The van der Waals surface area contributed by atoms with Crippen molar-refractivity contribution in [3.63, 3.8) is 0 Å². The molecule has 0 amide bonds. The van der Waals surface area contributed by atoms with E-state index in [1.165, 1.54) is 0 Å². The molecular weight excluding hydrogens is 424 g/mol. The number of carbonyl (C=O) groups is 1. The summed E-state index contributed by atoms with van der Waals surface area (Å²) in [4.78, 5) is 13.1. The minimum atomic E-state index is -1.11. The Morgan fingerprint density at radius 2 is 1.87 bits per heavy atom. The van der Waals surface area contributed by atoms with E-state index in [-0.39, 0.29) is 5.78 Å². The smallest absolute Gasteiger partial charge is 0.194 e. The first-order valence-electron chi connectivity index (χ1n) is 10.2. The molecule has 4 atom stereocenters. The lowest BCUT2D eigenvalue weighted by Crippen LogP contribution is -2.38. The van der Waals surface area contributed by atoms with Crippen LogP contribution in [0.2, 0.25) is 5.02 Å². The Morgan fingerprint density at radius 3 is 2.65 bits per heavy atom. The zero-order valence-corrected chi connectivity index (χ0v) is 17.9. The maximum atomic E-state index is 13.1. The van der Waals surface area contributed by atoms with Crippen LogP contribution in [-0.2, 0) is 20.6 Å². The number of halogens is 1. The molecule has 3 aliphatic heterocycles. The molecule has 2 saturated heterocycles. The molecule has 0 saturated carbocycles. The van der Waals surface area contributed by atoms with Gasteiger partial charge in [-0.1, -0.05) is 17.7 Å². The third-order valence-corrected chi connectivity index (χ3v) is 5.97. The molecule has 0 unspecified atom stereocenters. The largest absolute Gasteiger partial charge is 0.486 e. The van der Waals surface area contributed by atoms with Crippen LogP contribution in [0.3, 0.4) is 0 Å². The summed E-state index contributed by atoms with van der Waals surface area (Å²) in [6.07, 6.45) is -3.14. The molecular formula is C23H23ClO7. The molecule has 164 valence electrons. The van der Waals surface area contributed by atoms with Gasteiger partial charge in [0, 0.05) is 10.6 Å². The highest BCUT2D eigenvalue weighted by molar-refractivity contribution is 6.31. The molecule has 3 aliphatic rings. The van der Waals surface area contributed by atoms with Gasteiger partial charge in [0.1, 0.15) is 25.4 Å². The van der Waals surface area contributed by atoms with Crippen molar-refractivity contribution >= 4 is 17.4 Å². The number of Topliss-reactive ketones (excluding diaryl/α,β-unsaturated/α-hetero) is 1. The van der Waals surface area contributed by atoms with Crippen molar-refractivity contribution in [1.82, 2.24) is 0 Å². The predicted molar refractivity (Wildman–Crippen MR) is 111 cm³/mol. The molecule has 3 heterocycles. The van der Waals surface area contributed by atoms with E-state index in [1.807, 2.05) is 18.2 Å². The van der Waals surface area contributed by atoms with Gasteiger partial charge in [0.05, 0.1) is 0 Å². The number of ketones is 1. The number of fused-ring (bicyclic) bond motifs is 2. The van der Waals surface area contributed by atoms with Crippen LogP contribution in [0.25, 0.3) is 0 Å². The molecule has 31 heavy (non-hydrogen) atoms. The summed E-state index contributed by atoms with van der Waals surface area (Å²) in [6.45, 7) is 4.52. The van der Waals surface area contributed by atoms with E-state index < -0.39 is 30.4 Å². The van der Waals surface area contributed by atoms with Crippen LogP contribution in [0, 0.1) is 0 Å². The van der Waals surface area contributed by atoms with Gasteiger partial charge in [-0.2, -0.15) is 0 Å². The summed E-state index contributed by atoms with van der Waals surface area (Å²) in [5.74, 6) is 0.216. The standard InChI is InChI=1S/C23H23ClO7/c1-23(2)30-21-19(26)20(29-22(21)31-23)18(25)13-4-5-15(24)14(11-13)9-12-3-6-16-17(10-12)28-8-7-27-16/h3-6,10-11,19-22,26H,7-9H2,1-2H3/t19-,20+,21+,22+/m1/s1. The first kappa shape index (κ1) is 20.7. The number of ether oxygens (including phenoxy) is 5. The molecule has 0 aliphatic carbocycles. The van der Waals surface area contributed by atoms with Gasteiger partial charge >= 0.3 is 0 Å². The Kier molecular flexibility index (Phi) is 5.19. The van der Waals surface area contributed by atoms with Crippen molar-refractivity contribution in [3.05, 3.63) is 58.1 Å². The lowest BCUT2D eigenvalue weighted by Gasteiger charge is -2.22. The van der Waals surface area contributed by atoms with Crippen LogP contribution in [0.4, 0.5) is 0 Å². The topological polar surface area (TPSA) is 83.5 Å². The minimum absolute atomic E-state index is 0.341. The molecule has 1 N–H and O–H groups in total. The number of hydrogen-bond donors (Lipinski definition) is 1. The van der Waals surface area contributed by atoms with E-state index >= 15 is 0 Å². The Labute approximate surface area is 184 Å². The van der Waals surface area contributed by atoms with Gasteiger partial charge in [0.15, 0.2) is 35.5 Å². The second-order valence-electron chi connectivity index (χ2n) is 8.34. The second kappa shape index (κ2) is 7.76. The van der Waals surface area contributed by atoms with Crippen molar-refractivity contribution < 1.29 is 33.6 Å². The summed E-state index contributed by atoms with van der Waals surface area (Å²) < 4.78 is 28.2. The van der Waals surface area contributed by atoms with Crippen molar-refractivity contribution in [2.24, 2.45) is 0 Å². The molecule has 0 spiro atoms. The van der Waals surface area contributed by atoms with Crippen molar-refractivity contribution in [2.75, 3.05) is 13.2 Å². The average molecular weight is 447 g/mol. The average Bonchev–Trinajstić information content (AvgIpc) is 3.21. The number of aliphatic hydroxyl groups excluding tert-OH is 1. The lowest BCUT2D eigenvalue weighted by molar-refractivity contribution is -0.208. The van der Waals surface area contributed by atoms with Crippen molar-refractivity contribution in [1.29, 1.82) is 0 Å². The lowest BCUT2D eigenvalue weighted by atomic mass is 9.97. The molecule has 8 heteroatoms. The van der Waals surface area contributed by atoms with E-state index in [9.17, 15) is 9.90 Å². The highest BCUT2D eigenvalue weighted by Gasteiger charge is 2.56. The fourth-order valence-corrected chi connectivity index (χ4v) is 4.34. The van der Waals surface area contributed by atoms with Gasteiger partial charge in [-0.3, -0.25) is 4.79 Å². The highest BCUT2D eigenvalue weighted by Crippen LogP contribution is 2.38. The molecule has 2 aromatic rings. The second-order valence-corrected chi connectivity index (χ2v) is 8.75. The maximum Gasteiger partial charge on any atom is 0.194 e. The summed E-state index contributed by atoms with van der Waals surface area (Å²) in [7, 11) is 0. The van der Waals surface area contributed by atoms with Gasteiger partial charge < -0.3 is 28.8 Å². The Bertz CT molecular complexity index is 1020. The molecule has 0 aromatic heterocycles. The Morgan fingerprint density at radius 1 is 1.10 bits per heavy atom. The van der Waals surface area contributed by atoms with Crippen LogP contribution in [0.5, 0.6) is 11.5 Å². The SMILES string of the molecule is CC1(C)O[C@@H]2O[C@@H](C(=O)c3ccc(Cl)c(Cc4ccc5c(c4)OCCO5)c3)[C@@H](O)[C@@H]2O1. The Balaban J connectivity index is 1.35. The number of benzene rings is 2. The quantitative estimate of drug-likeness (QED) is 0.722. The predicted octanol–water partition coefficient (Wildman–Crippen LogP) is 3.12. The maximum absolute atomic E-state index is 13.1. The summed E-state index contributed by atoms with van der Waals surface area (Å²) >= 11 is 6.40. The molecule has 2 fully saturated rings. The van der Waals surface area contributed by atoms with E-state index in [2.05, 4.69) is 0 Å². The zero-order chi connectivity index (χ0) is 21.8. The number of rotatable bonds is 4. The van der Waals surface area contributed by atoms with E-state index in [0.29, 0.717) is 36.0 Å². The number of hydrogen-bond acceptors (Lipinski definition) is 7. The molecule has 5 rings (SSSR count). The van der Waals surface area contributed by atoms with Crippen molar-refractivity contribution in [3.8, 4) is 11.5 Å². The van der Waals surface area contributed by atoms with Crippen LogP contribution in [0.1, 0.15) is 35.3 Å². The van der Waals surface area contributed by atoms with E-state index in [4.69, 9.17) is 35.3 Å². The fraction of sp³-hybridized carbons (Fsp3) is 0.435.